The van der Waals surface area contributed by atoms with E-state index >= 15 is 0 Å². The normalized spacial score (nSPS) is 32.8. The van der Waals surface area contributed by atoms with Gasteiger partial charge in [-0.05, 0) is 19.0 Å². The van der Waals surface area contributed by atoms with E-state index in [1.54, 1.807) is 0 Å². The molecule has 2 saturated heterocycles. The zero-order valence-electron chi connectivity index (χ0n) is 11.6. The van der Waals surface area contributed by atoms with E-state index in [9.17, 15) is 0 Å². The van der Waals surface area contributed by atoms with Crippen LogP contribution in [-0.4, -0.2) is 54.4 Å². The Balaban J connectivity index is 1.70. The van der Waals surface area contributed by atoms with Crippen molar-refractivity contribution >= 4 is 0 Å². The minimum atomic E-state index is -0.0455. The molecule has 6 heteroatoms. The Kier molecular flexibility index (Phi) is 3.81. The van der Waals surface area contributed by atoms with Crippen LogP contribution in [0.25, 0.3) is 0 Å². The summed E-state index contributed by atoms with van der Waals surface area (Å²) in [5.74, 6) is 2.34. The van der Waals surface area contributed by atoms with Gasteiger partial charge in [0.1, 0.15) is 6.10 Å². The van der Waals surface area contributed by atoms with Gasteiger partial charge in [-0.15, -0.1) is 0 Å². The van der Waals surface area contributed by atoms with Gasteiger partial charge < -0.3 is 14.6 Å². The maximum Gasteiger partial charge on any atom is 0.231 e. The van der Waals surface area contributed by atoms with Crippen molar-refractivity contribution in [2.75, 3.05) is 39.3 Å². The van der Waals surface area contributed by atoms with Crippen molar-refractivity contribution in [1.82, 2.24) is 20.4 Å². The van der Waals surface area contributed by atoms with Crippen LogP contribution in [-0.2, 0) is 4.74 Å². The standard InChI is InChI=1S/C13H22N4O2/c1-3-17-4-5-18-11(8-17)12-15-13(19-16-12)10-7-14-6-9(10)2/h9-11,14H,3-8H2,1-2H3/t9-,10-,11?/m1/s1. The molecule has 2 fully saturated rings. The van der Waals surface area contributed by atoms with E-state index in [0.717, 1.165) is 45.2 Å². The second-order valence-electron chi connectivity index (χ2n) is 5.49. The Morgan fingerprint density at radius 1 is 1.42 bits per heavy atom. The van der Waals surface area contributed by atoms with E-state index in [2.05, 4.69) is 34.2 Å². The second kappa shape index (κ2) is 5.56. The lowest BCUT2D eigenvalue weighted by Crippen LogP contribution is -2.38. The number of hydrogen-bond donors (Lipinski definition) is 1. The van der Waals surface area contributed by atoms with Crippen LogP contribution >= 0.6 is 0 Å². The van der Waals surface area contributed by atoms with Crippen molar-refractivity contribution in [2.45, 2.75) is 25.9 Å². The lowest BCUT2D eigenvalue weighted by molar-refractivity contribution is -0.0334. The number of rotatable bonds is 3. The highest BCUT2D eigenvalue weighted by molar-refractivity contribution is 5.03. The van der Waals surface area contributed by atoms with E-state index in [1.807, 2.05) is 0 Å². The third-order valence-electron chi connectivity index (χ3n) is 4.18. The molecule has 1 unspecified atom stereocenters. The molecular formula is C13H22N4O2. The molecular weight excluding hydrogens is 244 g/mol. The summed E-state index contributed by atoms with van der Waals surface area (Å²) in [7, 11) is 0. The van der Waals surface area contributed by atoms with E-state index in [0.29, 0.717) is 17.7 Å². The molecule has 3 rings (SSSR count). The average Bonchev–Trinajstić information content (AvgIpc) is 3.07. The van der Waals surface area contributed by atoms with E-state index in [4.69, 9.17) is 9.26 Å². The summed E-state index contributed by atoms with van der Waals surface area (Å²) in [5.41, 5.74) is 0. The number of nitrogens with zero attached hydrogens (tertiary/aromatic N) is 3. The first-order chi connectivity index (χ1) is 9.28. The maximum atomic E-state index is 5.76. The van der Waals surface area contributed by atoms with Crippen LogP contribution in [0.5, 0.6) is 0 Å². The first kappa shape index (κ1) is 13.0. The van der Waals surface area contributed by atoms with Gasteiger partial charge >= 0.3 is 0 Å². The van der Waals surface area contributed by atoms with E-state index in [-0.39, 0.29) is 6.10 Å². The number of ether oxygens (including phenoxy) is 1. The lowest BCUT2D eigenvalue weighted by Gasteiger charge is -2.30. The molecule has 1 N–H and O–H groups in total. The molecule has 106 valence electrons. The smallest absolute Gasteiger partial charge is 0.231 e. The summed E-state index contributed by atoms with van der Waals surface area (Å²) in [6.45, 7) is 9.94. The van der Waals surface area contributed by atoms with Crippen molar-refractivity contribution in [3.63, 3.8) is 0 Å². The SMILES string of the molecule is CCN1CCOC(c2noc([C@@H]3CNC[C@H]3C)n2)C1. The molecule has 0 saturated carbocycles. The van der Waals surface area contributed by atoms with Crippen molar-refractivity contribution in [2.24, 2.45) is 5.92 Å². The van der Waals surface area contributed by atoms with Gasteiger partial charge in [-0.25, -0.2) is 0 Å². The summed E-state index contributed by atoms with van der Waals surface area (Å²) in [5, 5.41) is 7.48. The van der Waals surface area contributed by atoms with Gasteiger partial charge in [-0.2, -0.15) is 4.98 Å². The molecule has 2 aliphatic heterocycles. The lowest BCUT2D eigenvalue weighted by atomic mass is 9.98. The monoisotopic (exact) mass is 266 g/mol. The van der Waals surface area contributed by atoms with Crippen molar-refractivity contribution in [1.29, 1.82) is 0 Å². The number of aromatic nitrogens is 2. The summed E-state index contributed by atoms with van der Waals surface area (Å²) in [6.07, 6.45) is -0.0455. The van der Waals surface area contributed by atoms with Crippen molar-refractivity contribution < 1.29 is 9.26 Å². The third-order valence-corrected chi connectivity index (χ3v) is 4.18. The Hall–Kier alpha value is -0.980. The van der Waals surface area contributed by atoms with Gasteiger partial charge in [0.15, 0.2) is 0 Å². The van der Waals surface area contributed by atoms with Crippen LogP contribution in [0.1, 0.15) is 37.6 Å². The summed E-state index contributed by atoms with van der Waals surface area (Å²) in [6, 6.07) is 0. The Bertz CT molecular complexity index is 423. The second-order valence-corrected chi connectivity index (χ2v) is 5.49. The van der Waals surface area contributed by atoms with Gasteiger partial charge in [0.05, 0.1) is 12.5 Å². The fraction of sp³-hybridized carbons (Fsp3) is 0.846. The van der Waals surface area contributed by atoms with E-state index < -0.39 is 0 Å². The molecule has 19 heavy (non-hydrogen) atoms. The highest BCUT2D eigenvalue weighted by Crippen LogP contribution is 2.28. The van der Waals surface area contributed by atoms with E-state index in [1.165, 1.54) is 0 Å². The van der Waals surface area contributed by atoms with Gasteiger partial charge in [-0.1, -0.05) is 19.0 Å². The van der Waals surface area contributed by atoms with Crippen LogP contribution in [0.3, 0.4) is 0 Å². The summed E-state index contributed by atoms with van der Waals surface area (Å²) >= 11 is 0. The topological polar surface area (TPSA) is 63.4 Å². The average molecular weight is 266 g/mol. The van der Waals surface area contributed by atoms with Crippen LogP contribution in [0.15, 0.2) is 4.52 Å². The quantitative estimate of drug-likeness (QED) is 0.872. The largest absolute Gasteiger partial charge is 0.367 e. The third kappa shape index (κ3) is 2.66. The molecule has 3 atom stereocenters. The molecule has 0 radical (unpaired) electrons. The van der Waals surface area contributed by atoms with Gasteiger partial charge in [0, 0.05) is 19.6 Å². The molecule has 0 spiro atoms. The minimum Gasteiger partial charge on any atom is -0.367 e. The summed E-state index contributed by atoms with van der Waals surface area (Å²) in [4.78, 5) is 6.92. The van der Waals surface area contributed by atoms with Crippen LogP contribution in [0.2, 0.25) is 0 Å². The van der Waals surface area contributed by atoms with Crippen molar-refractivity contribution in [3.05, 3.63) is 11.7 Å². The molecule has 0 aliphatic carbocycles. The number of hydrogen-bond acceptors (Lipinski definition) is 6. The zero-order valence-corrected chi connectivity index (χ0v) is 11.6. The van der Waals surface area contributed by atoms with Crippen LogP contribution in [0.4, 0.5) is 0 Å². The van der Waals surface area contributed by atoms with Gasteiger partial charge in [0.2, 0.25) is 11.7 Å². The minimum absolute atomic E-state index is 0.0455. The highest BCUT2D eigenvalue weighted by atomic mass is 16.5. The maximum absolute atomic E-state index is 5.76. The molecule has 0 amide bonds. The fourth-order valence-corrected chi connectivity index (χ4v) is 2.82. The summed E-state index contributed by atoms with van der Waals surface area (Å²) < 4.78 is 11.2. The Morgan fingerprint density at radius 3 is 3.05 bits per heavy atom. The first-order valence-corrected chi connectivity index (χ1v) is 7.16. The molecule has 3 heterocycles. The number of morpholine rings is 1. The fourth-order valence-electron chi connectivity index (χ4n) is 2.82. The van der Waals surface area contributed by atoms with Crippen molar-refractivity contribution in [3.8, 4) is 0 Å². The Morgan fingerprint density at radius 2 is 2.32 bits per heavy atom. The zero-order chi connectivity index (χ0) is 13.2. The first-order valence-electron chi connectivity index (χ1n) is 7.16. The molecule has 1 aromatic heterocycles. The predicted molar refractivity (Wildman–Crippen MR) is 69.9 cm³/mol. The van der Waals surface area contributed by atoms with Gasteiger partial charge in [-0.3, -0.25) is 4.90 Å². The number of nitrogens with one attached hydrogen (secondary N) is 1. The molecule has 0 bridgehead atoms. The van der Waals surface area contributed by atoms with Gasteiger partial charge in [0.25, 0.3) is 0 Å². The highest BCUT2D eigenvalue weighted by Gasteiger charge is 2.32. The molecule has 6 nitrogen and oxygen atoms in total. The van der Waals surface area contributed by atoms with Crippen LogP contribution in [0, 0.1) is 5.92 Å². The van der Waals surface area contributed by atoms with Crippen LogP contribution < -0.4 is 5.32 Å². The Labute approximate surface area is 113 Å². The molecule has 1 aromatic rings. The predicted octanol–water partition coefficient (Wildman–Crippen LogP) is 0.786. The molecule has 0 aromatic carbocycles. The molecule has 2 aliphatic rings. The number of likely N-dealkylation sites (N-methyl/N-ethyl adjacent to an activating group) is 1.